The molecule has 6 nitrogen and oxygen atoms in total. The normalized spacial score (nSPS) is 17.3. The van der Waals surface area contributed by atoms with E-state index in [2.05, 4.69) is 57.7 Å². The Kier molecular flexibility index (Phi) is 14.4. The molecular formula is C31H42I2NO5S-. The van der Waals surface area contributed by atoms with E-state index in [1.807, 2.05) is 23.9 Å². The van der Waals surface area contributed by atoms with E-state index in [-0.39, 0.29) is 21.2 Å². The van der Waals surface area contributed by atoms with Gasteiger partial charge in [-0.15, -0.1) is 0 Å². The number of morpholine rings is 1. The molecule has 1 atom stereocenters. The van der Waals surface area contributed by atoms with Gasteiger partial charge in [-0.3, -0.25) is 0 Å². The van der Waals surface area contributed by atoms with Crippen LogP contribution in [0.2, 0.25) is 0 Å². The summed E-state index contributed by atoms with van der Waals surface area (Å²) in [4.78, 5) is 3.95. The average Bonchev–Trinajstić information content (AvgIpc) is 3.01. The topological polar surface area (TPSA) is 49.4 Å². The first-order chi connectivity index (χ1) is 19.6. The summed E-state index contributed by atoms with van der Waals surface area (Å²) in [5.74, 6) is 1.88. The first kappa shape index (κ1) is 32.1. The molecule has 222 valence electrons. The molecule has 0 bridgehead atoms. The number of benzene rings is 2. The second-order valence-corrected chi connectivity index (χ2v) is 19.3. The summed E-state index contributed by atoms with van der Waals surface area (Å²) < 4.78 is 35.1. The molecule has 1 saturated heterocycles. The van der Waals surface area contributed by atoms with E-state index in [1.165, 1.54) is 14.7 Å². The molecule has 4 rings (SSSR count). The standard InChI is InChI=1S/C31H42I2NO5S/c1-25(31-20-32-28(24-40-31)23-39-17-16-38-15-12-34-10-13-37-14-11-34)33(21-26-6-4-8-29(18-26)35-2)22-27-7-5-9-30(19-27)36-3/h4-9,18-20,24-25H,10-17,21-23H2,1-3H3/q-1. The van der Waals surface area contributed by atoms with Gasteiger partial charge in [0.1, 0.15) is 0 Å². The third-order valence-corrected chi connectivity index (χ3v) is 18.5. The van der Waals surface area contributed by atoms with Crippen LogP contribution in [-0.2, 0) is 23.1 Å². The average molecular weight is 795 g/mol. The predicted molar refractivity (Wildman–Crippen MR) is 170 cm³/mol. The van der Waals surface area contributed by atoms with E-state index in [0.717, 1.165) is 66.4 Å². The van der Waals surface area contributed by atoms with Crippen molar-refractivity contribution >= 4 is 31.6 Å². The summed E-state index contributed by atoms with van der Waals surface area (Å²) in [7, 11) is 3.49. The third-order valence-electron chi connectivity index (χ3n) is 6.67. The zero-order valence-electron chi connectivity index (χ0n) is 23.8. The summed E-state index contributed by atoms with van der Waals surface area (Å²) >= 11 is 0.296. The van der Waals surface area contributed by atoms with Crippen LogP contribution in [-0.4, -0.2) is 82.3 Å². The summed E-state index contributed by atoms with van der Waals surface area (Å²) in [5.41, 5.74) is 2.76. The molecule has 0 spiro atoms. The van der Waals surface area contributed by atoms with Crippen LogP contribution in [0, 0.1) is 0 Å². The van der Waals surface area contributed by atoms with E-state index < -0.39 is 19.8 Å². The van der Waals surface area contributed by atoms with Crippen LogP contribution in [0.25, 0.3) is 0 Å². The zero-order chi connectivity index (χ0) is 28.0. The molecule has 0 saturated carbocycles. The molecule has 2 aliphatic heterocycles. The van der Waals surface area contributed by atoms with E-state index in [0.29, 0.717) is 17.1 Å². The number of halogens is 2. The van der Waals surface area contributed by atoms with Crippen LogP contribution in [0.4, 0.5) is 0 Å². The van der Waals surface area contributed by atoms with Gasteiger partial charge >= 0.3 is 264 Å². The van der Waals surface area contributed by atoms with Crippen LogP contribution >= 0.6 is 31.6 Å². The van der Waals surface area contributed by atoms with Crippen molar-refractivity contribution in [3.8, 4) is 11.5 Å². The maximum atomic E-state index is 5.95. The van der Waals surface area contributed by atoms with Crippen molar-refractivity contribution in [2.45, 2.75) is 19.7 Å². The van der Waals surface area contributed by atoms with E-state index in [9.17, 15) is 0 Å². The van der Waals surface area contributed by atoms with Crippen molar-refractivity contribution in [1.29, 1.82) is 0 Å². The molecule has 1 unspecified atom stereocenters. The molecule has 2 heterocycles. The monoisotopic (exact) mass is 794 g/mol. The molecule has 2 aliphatic rings. The molecule has 1 fully saturated rings. The number of methoxy groups -OCH3 is 2. The fraction of sp³-hybridized carbons (Fsp3) is 0.484. The molecular weight excluding hydrogens is 752 g/mol. The number of thioether (sulfide) groups is 1. The molecule has 2 aromatic rings. The van der Waals surface area contributed by atoms with Gasteiger partial charge < -0.3 is 0 Å². The number of hydrogen-bond donors (Lipinski definition) is 0. The van der Waals surface area contributed by atoms with Crippen molar-refractivity contribution in [3.63, 3.8) is 0 Å². The third kappa shape index (κ3) is 10.8. The maximum absolute atomic E-state index is 5.95. The second kappa shape index (κ2) is 18.0. The van der Waals surface area contributed by atoms with Gasteiger partial charge in [0.25, 0.3) is 0 Å². The second-order valence-electron chi connectivity index (χ2n) is 9.51. The van der Waals surface area contributed by atoms with E-state index >= 15 is 0 Å². The molecule has 0 aromatic heterocycles. The minimum atomic E-state index is -1.48. The Morgan fingerprint density at radius 1 is 0.925 bits per heavy atom. The predicted octanol–water partition coefficient (Wildman–Crippen LogP) is 3.18. The molecule has 40 heavy (non-hydrogen) atoms. The first-order valence-electron chi connectivity index (χ1n) is 13.7. The summed E-state index contributed by atoms with van der Waals surface area (Å²) in [6, 6.07) is 17.2. The zero-order valence-corrected chi connectivity index (χ0v) is 28.9. The van der Waals surface area contributed by atoms with Crippen molar-refractivity contribution in [2.75, 3.05) is 73.5 Å². The van der Waals surface area contributed by atoms with Gasteiger partial charge in [0.05, 0.1) is 0 Å². The number of hydrogen-bond acceptors (Lipinski definition) is 7. The van der Waals surface area contributed by atoms with Gasteiger partial charge in [-0.05, 0) is 0 Å². The Balaban J connectivity index is 1.25. The Morgan fingerprint density at radius 3 is 2.17 bits per heavy atom. The number of alkyl halides is 3. The fourth-order valence-corrected chi connectivity index (χ4v) is 16.0. The van der Waals surface area contributed by atoms with Gasteiger partial charge in [0.2, 0.25) is 0 Å². The molecule has 0 N–H and O–H groups in total. The van der Waals surface area contributed by atoms with Gasteiger partial charge in [-0.2, -0.15) is 0 Å². The molecule has 0 radical (unpaired) electrons. The summed E-state index contributed by atoms with van der Waals surface area (Å²) in [5, 5.41) is 2.36. The van der Waals surface area contributed by atoms with Crippen LogP contribution in [0.5, 0.6) is 11.5 Å². The first-order valence-corrected chi connectivity index (χ1v) is 21.2. The SMILES string of the molecule is COc1cccc(CI(Cc2cccc(OC)c2)C(C)C2=C[I-]C(COCCOCCN3CCOCC3)=CS2)c1. The van der Waals surface area contributed by atoms with Crippen molar-refractivity contribution < 1.29 is 44.9 Å². The summed E-state index contributed by atoms with van der Waals surface area (Å²) in [6.07, 6.45) is 0. The molecule has 0 aliphatic carbocycles. The van der Waals surface area contributed by atoms with Crippen LogP contribution in [0.1, 0.15) is 18.1 Å². The van der Waals surface area contributed by atoms with Crippen LogP contribution in [0.15, 0.2) is 66.5 Å². The van der Waals surface area contributed by atoms with E-state index in [1.54, 1.807) is 19.1 Å². The van der Waals surface area contributed by atoms with Crippen LogP contribution < -0.4 is 30.7 Å². The number of allylic oxidation sites excluding steroid dienone is 1. The Morgan fingerprint density at radius 2 is 1.57 bits per heavy atom. The Bertz CT molecular complexity index is 1060. The van der Waals surface area contributed by atoms with Gasteiger partial charge in [0.15, 0.2) is 0 Å². The van der Waals surface area contributed by atoms with E-state index in [4.69, 9.17) is 23.7 Å². The number of ether oxygens (including phenoxy) is 5. The van der Waals surface area contributed by atoms with Crippen molar-refractivity contribution in [1.82, 2.24) is 4.90 Å². The van der Waals surface area contributed by atoms with Gasteiger partial charge in [0, 0.05) is 0 Å². The van der Waals surface area contributed by atoms with Crippen LogP contribution in [0.3, 0.4) is 0 Å². The van der Waals surface area contributed by atoms with Crippen molar-refractivity contribution in [3.05, 3.63) is 77.6 Å². The summed E-state index contributed by atoms with van der Waals surface area (Å²) in [6.45, 7) is 9.91. The fourth-order valence-electron chi connectivity index (χ4n) is 4.30. The van der Waals surface area contributed by atoms with Gasteiger partial charge in [-0.1, -0.05) is 0 Å². The van der Waals surface area contributed by atoms with Gasteiger partial charge in [-0.25, -0.2) is 0 Å². The van der Waals surface area contributed by atoms with Crippen molar-refractivity contribution in [2.24, 2.45) is 0 Å². The number of rotatable bonds is 16. The Labute approximate surface area is 261 Å². The quantitative estimate of drug-likeness (QED) is 0.147. The molecule has 9 heteroatoms. The minimum absolute atomic E-state index is 0.147. The molecule has 2 aromatic carbocycles. The Hall–Kier alpha value is -0.830. The molecule has 0 amide bonds. The number of nitrogens with zero attached hydrogens (tertiary/aromatic N) is 1.